The highest BCUT2D eigenvalue weighted by atomic mass is 16.5. The number of hydrogen-bond acceptors (Lipinski definition) is 4. The summed E-state index contributed by atoms with van der Waals surface area (Å²) in [5, 5.41) is 9.15. The van der Waals surface area contributed by atoms with Crippen LogP contribution in [-0.2, 0) is 4.74 Å². The lowest BCUT2D eigenvalue weighted by atomic mass is 10.2. The Morgan fingerprint density at radius 1 is 1.41 bits per heavy atom. The molecule has 0 aliphatic carbocycles. The minimum Gasteiger partial charge on any atom is -0.478 e. The van der Waals surface area contributed by atoms with Gasteiger partial charge in [0, 0.05) is 25.5 Å². The normalized spacial score (nSPS) is 27.2. The zero-order valence-corrected chi connectivity index (χ0v) is 9.37. The lowest BCUT2D eigenvalue weighted by molar-refractivity contribution is 0.0303. The van der Waals surface area contributed by atoms with Crippen molar-refractivity contribution in [1.29, 1.82) is 0 Å². The van der Waals surface area contributed by atoms with Crippen LogP contribution in [0.1, 0.15) is 23.2 Å². The van der Waals surface area contributed by atoms with Crippen molar-refractivity contribution in [1.82, 2.24) is 4.98 Å². The third-order valence-electron chi connectivity index (χ3n) is 3.41. The molecule has 2 saturated heterocycles. The zero-order valence-electron chi connectivity index (χ0n) is 9.37. The molecule has 2 bridgehead atoms. The van der Waals surface area contributed by atoms with E-state index in [0.717, 1.165) is 31.6 Å². The fourth-order valence-electron chi connectivity index (χ4n) is 2.64. The molecule has 5 nitrogen and oxygen atoms in total. The summed E-state index contributed by atoms with van der Waals surface area (Å²) in [6, 6.07) is 1.77. The summed E-state index contributed by atoms with van der Waals surface area (Å²) in [6.45, 7) is 1.56. The Bertz CT molecular complexity index is 437. The molecular formula is C12H14N2O3. The molecular weight excluding hydrogens is 220 g/mol. The smallest absolute Gasteiger partial charge is 0.339 e. The van der Waals surface area contributed by atoms with E-state index in [0.29, 0.717) is 0 Å². The molecule has 1 N–H and O–H groups in total. The Kier molecular flexibility index (Phi) is 2.48. The molecule has 17 heavy (non-hydrogen) atoms. The molecule has 2 atom stereocenters. The second kappa shape index (κ2) is 4.00. The first-order chi connectivity index (χ1) is 8.24. The van der Waals surface area contributed by atoms with Gasteiger partial charge < -0.3 is 14.7 Å². The molecule has 2 aliphatic rings. The van der Waals surface area contributed by atoms with E-state index in [1.807, 2.05) is 0 Å². The highest BCUT2D eigenvalue weighted by Crippen LogP contribution is 2.30. The number of hydrogen-bond donors (Lipinski definition) is 1. The number of carboxylic acid groups (broad SMARTS) is 1. The third-order valence-corrected chi connectivity index (χ3v) is 3.41. The van der Waals surface area contributed by atoms with Crippen LogP contribution in [0.4, 0.5) is 5.69 Å². The fourth-order valence-corrected chi connectivity index (χ4v) is 2.64. The Morgan fingerprint density at radius 2 is 2.12 bits per heavy atom. The van der Waals surface area contributed by atoms with Crippen LogP contribution in [0.15, 0.2) is 18.5 Å². The first-order valence-electron chi connectivity index (χ1n) is 5.82. The highest BCUT2D eigenvalue weighted by Gasteiger charge is 2.34. The van der Waals surface area contributed by atoms with E-state index in [1.165, 1.54) is 6.20 Å². The van der Waals surface area contributed by atoms with Crippen molar-refractivity contribution in [2.24, 2.45) is 0 Å². The number of anilines is 1. The monoisotopic (exact) mass is 234 g/mol. The molecule has 0 saturated carbocycles. The van der Waals surface area contributed by atoms with Crippen molar-refractivity contribution in [3.05, 3.63) is 24.0 Å². The molecule has 3 rings (SSSR count). The number of rotatable bonds is 2. The molecule has 5 heteroatoms. The maximum atomic E-state index is 11.1. The second-order valence-corrected chi connectivity index (χ2v) is 4.56. The first-order valence-corrected chi connectivity index (χ1v) is 5.82. The van der Waals surface area contributed by atoms with Crippen molar-refractivity contribution in [3.8, 4) is 0 Å². The van der Waals surface area contributed by atoms with Gasteiger partial charge in [-0.05, 0) is 18.9 Å². The van der Waals surface area contributed by atoms with E-state index in [9.17, 15) is 4.79 Å². The molecule has 0 radical (unpaired) electrons. The second-order valence-electron chi connectivity index (χ2n) is 4.56. The molecule has 1 aromatic heterocycles. The maximum Gasteiger partial charge on any atom is 0.339 e. The number of carboxylic acids is 1. The predicted molar refractivity (Wildman–Crippen MR) is 61.3 cm³/mol. The summed E-state index contributed by atoms with van der Waals surface area (Å²) in [5.74, 6) is -0.924. The Labute approximate surface area is 99.0 Å². The Morgan fingerprint density at radius 3 is 2.76 bits per heavy atom. The molecule has 3 heterocycles. The van der Waals surface area contributed by atoms with Crippen LogP contribution in [0.2, 0.25) is 0 Å². The average molecular weight is 234 g/mol. The van der Waals surface area contributed by atoms with Crippen LogP contribution in [0.25, 0.3) is 0 Å². The quantitative estimate of drug-likeness (QED) is 0.831. The molecule has 0 aromatic carbocycles. The van der Waals surface area contributed by atoms with Crippen LogP contribution in [0.5, 0.6) is 0 Å². The number of nitrogens with zero attached hydrogens (tertiary/aromatic N) is 2. The summed E-state index contributed by atoms with van der Waals surface area (Å²) in [6.07, 6.45) is 5.71. The number of ether oxygens (including phenoxy) is 1. The van der Waals surface area contributed by atoms with Crippen LogP contribution < -0.4 is 4.90 Å². The van der Waals surface area contributed by atoms with Gasteiger partial charge in [0.05, 0.1) is 17.9 Å². The summed E-state index contributed by atoms with van der Waals surface area (Å²) < 4.78 is 5.74. The number of aromatic nitrogens is 1. The molecule has 90 valence electrons. The van der Waals surface area contributed by atoms with Crippen LogP contribution in [0.3, 0.4) is 0 Å². The minimum absolute atomic E-state index is 0.253. The molecule has 2 fully saturated rings. The lowest BCUT2D eigenvalue weighted by Crippen LogP contribution is -2.43. The van der Waals surface area contributed by atoms with Crippen LogP contribution in [-0.4, -0.2) is 41.4 Å². The van der Waals surface area contributed by atoms with Gasteiger partial charge in [0.25, 0.3) is 0 Å². The lowest BCUT2D eigenvalue weighted by Gasteiger charge is -2.34. The van der Waals surface area contributed by atoms with Gasteiger partial charge in [-0.1, -0.05) is 0 Å². The molecule has 2 unspecified atom stereocenters. The van der Waals surface area contributed by atoms with Crippen molar-refractivity contribution < 1.29 is 14.6 Å². The number of morpholine rings is 1. The van der Waals surface area contributed by atoms with Crippen LogP contribution in [0, 0.1) is 0 Å². The van der Waals surface area contributed by atoms with E-state index in [1.54, 1.807) is 12.3 Å². The number of fused-ring (bicyclic) bond motifs is 2. The van der Waals surface area contributed by atoms with Crippen molar-refractivity contribution in [2.75, 3.05) is 18.0 Å². The topological polar surface area (TPSA) is 62.7 Å². The van der Waals surface area contributed by atoms with Gasteiger partial charge in [0.1, 0.15) is 5.56 Å². The first kappa shape index (κ1) is 10.5. The summed E-state index contributed by atoms with van der Waals surface area (Å²) in [7, 11) is 0. The minimum atomic E-state index is -0.924. The molecule has 0 spiro atoms. The van der Waals surface area contributed by atoms with Gasteiger partial charge in [-0.2, -0.15) is 0 Å². The Balaban J connectivity index is 1.91. The average Bonchev–Trinajstić information content (AvgIpc) is 2.68. The largest absolute Gasteiger partial charge is 0.478 e. The van der Waals surface area contributed by atoms with E-state index < -0.39 is 5.97 Å². The summed E-state index contributed by atoms with van der Waals surface area (Å²) in [4.78, 5) is 17.1. The SMILES string of the molecule is O=C(O)c1cnccc1N1CC2CCC(C1)O2. The van der Waals surface area contributed by atoms with Crippen molar-refractivity contribution in [2.45, 2.75) is 25.0 Å². The molecule has 1 aromatic rings. The number of pyridine rings is 1. The summed E-state index contributed by atoms with van der Waals surface area (Å²) in [5.41, 5.74) is 1.03. The predicted octanol–water partition coefficient (Wildman–Crippen LogP) is 1.15. The summed E-state index contributed by atoms with van der Waals surface area (Å²) >= 11 is 0. The van der Waals surface area contributed by atoms with E-state index in [4.69, 9.17) is 9.84 Å². The highest BCUT2D eigenvalue weighted by molar-refractivity contribution is 5.94. The van der Waals surface area contributed by atoms with Gasteiger partial charge in [0.2, 0.25) is 0 Å². The molecule has 0 amide bonds. The van der Waals surface area contributed by atoms with Gasteiger partial charge in [-0.3, -0.25) is 4.98 Å². The van der Waals surface area contributed by atoms with Gasteiger partial charge in [0.15, 0.2) is 0 Å². The van der Waals surface area contributed by atoms with Gasteiger partial charge in [-0.25, -0.2) is 4.79 Å². The number of carbonyl (C=O) groups is 1. The van der Waals surface area contributed by atoms with E-state index in [2.05, 4.69) is 9.88 Å². The third kappa shape index (κ3) is 1.86. The fraction of sp³-hybridized carbons (Fsp3) is 0.500. The Hall–Kier alpha value is -1.62. The van der Waals surface area contributed by atoms with E-state index >= 15 is 0 Å². The van der Waals surface area contributed by atoms with E-state index in [-0.39, 0.29) is 17.8 Å². The van der Waals surface area contributed by atoms with Gasteiger partial charge in [-0.15, -0.1) is 0 Å². The van der Waals surface area contributed by atoms with Gasteiger partial charge >= 0.3 is 5.97 Å². The molecule has 2 aliphatic heterocycles. The maximum absolute atomic E-state index is 11.1. The standard InChI is InChI=1S/C12H14N2O3/c15-12(16)10-5-13-4-3-11(10)14-6-8-1-2-9(7-14)17-8/h3-5,8-9H,1-2,6-7H2,(H,15,16). The van der Waals surface area contributed by atoms with Crippen molar-refractivity contribution in [3.63, 3.8) is 0 Å². The van der Waals surface area contributed by atoms with Crippen LogP contribution >= 0.6 is 0 Å². The number of aromatic carboxylic acids is 1. The van der Waals surface area contributed by atoms with Crippen molar-refractivity contribution >= 4 is 11.7 Å². The zero-order chi connectivity index (χ0) is 11.8.